The number of hydrogen-bond acceptors (Lipinski definition) is 3. The number of ether oxygens (including phenoxy) is 2. The molecule has 0 aromatic carbocycles. The fourth-order valence-electron chi connectivity index (χ4n) is 1.93. The molecule has 7 heteroatoms. The van der Waals surface area contributed by atoms with Crippen LogP contribution in [0.4, 0.5) is 13.2 Å². The van der Waals surface area contributed by atoms with E-state index < -0.39 is 11.6 Å². The first kappa shape index (κ1) is 16.1. The second-order valence-corrected chi connectivity index (χ2v) is 6.46. The smallest absolute Gasteiger partial charge is 0.394 e. The van der Waals surface area contributed by atoms with Crippen LogP contribution in [0.25, 0.3) is 0 Å². The summed E-state index contributed by atoms with van der Waals surface area (Å²) in [6.45, 7) is 6.09. The maximum Gasteiger partial charge on any atom is 0.394 e. The van der Waals surface area contributed by atoms with Gasteiger partial charge in [0.2, 0.25) is 5.88 Å². The minimum atomic E-state index is -4.13. The highest BCUT2D eigenvalue weighted by Crippen LogP contribution is 2.59. The van der Waals surface area contributed by atoms with E-state index in [0.29, 0.717) is 5.88 Å². The standard InChI is InChI=1S/C14H21F3N2O2/c1-12(2,3)21-10-19-8-4-11(18-19)20-9-7-13(5-6-13)14(15,16)17/h4,8H,5-7,9-10H2,1-3H3. The second kappa shape index (κ2) is 5.51. The fraction of sp³-hybridized carbons (Fsp3) is 0.786. The molecule has 0 saturated heterocycles. The van der Waals surface area contributed by atoms with Crippen LogP contribution >= 0.6 is 0 Å². The van der Waals surface area contributed by atoms with E-state index in [2.05, 4.69) is 5.10 Å². The fourth-order valence-corrected chi connectivity index (χ4v) is 1.93. The first-order valence-electron chi connectivity index (χ1n) is 6.98. The van der Waals surface area contributed by atoms with Crippen LogP contribution < -0.4 is 4.74 Å². The molecule has 0 unspecified atom stereocenters. The Labute approximate surface area is 122 Å². The Kier molecular flexibility index (Phi) is 4.24. The van der Waals surface area contributed by atoms with Crippen molar-refractivity contribution < 1.29 is 22.6 Å². The Morgan fingerprint density at radius 1 is 1.29 bits per heavy atom. The summed E-state index contributed by atoms with van der Waals surface area (Å²) in [7, 11) is 0. The minimum absolute atomic E-state index is 0.0121. The Hall–Kier alpha value is -1.24. The van der Waals surface area contributed by atoms with Gasteiger partial charge in [-0.3, -0.25) is 0 Å². The van der Waals surface area contributed by atoms with Crippen LogP contribution in [0.3, 0.4) is 0 Å². The van der Waals surface area contributed by atoms with Gasteiger partial charge in [0.05, 0.1) is 17.6 Å². The monoisotopic (exact) mass is 306 g/mol. The summed E-state index contributed by atoms with van der Waals surface area (Å²) in [5.74, 6) is 0.325. The molecule has 0 N–H and O–H groups in total. The third-order valence-electron chi connectivity index (χ3n) is 3.53. The number of aromatic nitrogens is 2. The summed E-state index contributed by atoms with van der Waals surface area (Å²) in [6, 6.07) is 1.62. The van der Waals surface area contributed by atoms with Crippen molar-refractivity contribution in [3.8, 4) is 5.88 Å². The molecular formula is C14H21F3N2O2. The van der Waals surface area contributed by atoms with E-state index in [9.17, 15) is 13.2 Å². The van der Waals surface area contributed by atoms with E-state index in [1.54, 1.807) is 16.9 Å². The minimum Gasteiger partial charge on any atom is -0.477 e. The zero-order valence-electron chi connectivity index (χ0n) is 12.5. The van der Waals surface area contributed by atoms with Gasteiger partial charge in [-0.1, -0.05) is 0 Å². The Morgan fingerprint density at radius 3 is 2.48 bits per heavy atom. The lowest BCUT2D eigenvalue weighted by atomic mass is 10.0. The number of rotatable bonds is 6. The number of hydrogen-bond donors (Lipinski definition) is 0. The summed E-state index contributed by atoms with van der Waals surface area (Å²) in [6.07, 6.45) is -2.06. The molecule has 0 amide bonds. The molecule has 120 valence electrons. The van der Waals surface area contributed by atoms with Crippen molar-refractivity contribution in [2.24, 2.45) is 5.41 Å². The molecule has 0 aliphatic heterocycles. The Bertz CT molecular complexity index is 473. The predicted octanol–water partition coefficient (Wildman–Crippen LogP) is 3.77. The SMILES string of the molecule is CC(C)(C)OCn1ccc(OCCC2(C(F)(F)F)CC2)n1. The highest BCUT2D eigenvalue weighted by Gasteiger charge is 2.62. The molecule has 1 aromatic rings. The summed E-state index contributed by atoms with van der Waals surface area (Å²) >= 11 is 0. The van der Waals surface area contributed by atoms with E-state index in [-0.39, 0.29) is 38.2 Å². The average Bonchev–Trinajstić information content (AvgIpc) is 2.99. The van der Waals surface area contributed by atoms with Gasteiger partial charge in [-0.25, -0.2) is 4.68 Å². The Balaban J connectivity index is 1.76. The molecule has 0 bridgehead atoms. The third kappa shape index (κ3) is 4.36. The molecule has 0 atom stereocenters. The molecule has 1 saturated carbocycles. The van der Waals surface area contributed by atoms with Crippen LogP contribution in [-0.4, -0.2) is 28.2 Å². The molecule has 1 heterocycles. The quantitative estimate of drug-likeness (QED) is 0.802. The van der Waals surface area contributed by atoms with Gasteiger partial charge >= 0.3 is 6.18 Å². The molecular weight excluding hydrogens is 285 g/mol. The van der Waals surface area contributed by atoms with Crippen LogP contribution in [0.1, 0.15) is 40.0 Å². The number of nitrogens with zero attached hydrogens (tertiary/aromatic N) is 2. The van der Waals surface area contributed by atoms with Crippen molar-refractivity contribution in [2.75, 3.05) is 6.61 Å². The van der Waals surface area contributed by atoms with Gasteiger partial charge in [-0.05, 0) is 40.0 Å². The van der Waals surface area contributed by atoms with E-state index in [1.165, 1.54) is 0 Å². The topological polar surface area (TPSA) is 36.3 Å². The normalized spacial score (nSPS) is 17.8. The lowest BCUT2D eigenvalue weighted by Crippen LogP contribution is -2.26. The van der Waals surface area contributed by atoms with Crippen molar-refractivity contribution in [2.45, 2.75) is 58.5 Å². The van der Waals surface area contributed by atoms with Gasteiger partial charge in [0.15, 0.2) is 0 Å². The first-order chi connectivity index (χ1) is 9.61. The summed E-state index contributed by atoms with van der Waals surface area (Å²) in [4.78, 5) is 0. The first-order valence-corrected chi connectivity index (χ1v) is 6.98. The molecule has 1 aromatic heterocycles. The van der Waals surface area contributed by atoms with Gasteiger partial charge in [-0.2, -0.15) is 13.2 Å². The molecule has 0 radical (unpaired) electrons. The van der Waals surface area contributed by atoms with Gasteiger partial charge in [0.25, 0.3) is 0 Å². The average molecular weight is 306 g/mol. The summed E-state index contributed by atoms with van der Waals surface area (Å²) in [5, 5.41) is 4.10. The van der Waals surface area contributed by atoms with E-state index >= 15 is 0 Å². The van der Waals surface area contributed by atoms with Crippen LogP contribution in [0.15, 0.2) is 12.3 Å². The summed E-state index contributed by atoms with van der Waals surface area (Å²) in [5.41, 5.74) is -1.80. The molecule has 1 fully saturated rings. The van der Waals surface area contributed by atoms with Crippen LogP contribution in [-0.2, 0) is 11.5 Å². The largest absolute Gasteiger partial charge is 0.477 e. The number of alkyl halides is 3. The van der Waals surface area contributed by atoms with Gasteiger partial charge in [0, 0.05) is 12.3 Å². The van der Waals surface area contributed by atoms with Crippen molar-refractivity contribution in [1.82, 2.24) is 9.78 Å². The second-order valence-electron chi connectivity index (χ2n) is 6.46. The molecule has 0 spiro atoms. The predicted molar refractivity (Wildman–Crippen MR) is 70.9 cm³/mol. The maximum atomic E-state index is 12.7. The Morgan fingerprint density at radius 2 is 1.95 bits per heavy atom. The highest BCUT2D eigenvalue weighted by atomic mass is 19.4. The van der Waals surface area contributed by atoms with Crippen molar-refractivity contribution >= 4 is 0 Å². The zero-order valence-corrected chi connectivity index (χ0v) is 12.5. The molecule has 4 nitrogen and oxygen atoms in total. The van der Waals surface area contributed by atoms with Crippen molar-refractivity contribution in [1.29, 1.82) is 0 Å². The third-order valence-corrected chi connectivity index (χ3v) is 3.53. The van der Waals surface area contributed by atoms with Gasteiger partial charge in [0.1, 0.15) is 6.73 Å². The molecule has 2 rings (SSSR count). The van der Waals surface area contributed by atoms with E-state index in [4.69, 9.17) is 9.47 Å². The van der Waals surface area contributed by atoms with Crippen molar-refractivity contribution in [3.05, 3.63) is 12.3 Å². The van der Waals surface area contributed by atoms with Gasteiger partial charge < -0.3 is 9.47 Å². The lowest BCUT2D eigenvalue weighted by Gasteiger charge is -2.19. The van der Waals surface area contributed by atoms with Crippen LogP contribution in [0.2, 0.25) is 0 Å². The molecule has 1 aliphatic rings. The zero-order chi connectivity index (χ0) is 15.7. The van der Waals surface area contributed by atoms with E-state index in [1.807, 2.05) is 20.8 Å². The lowest BCUT2D eigenvalue weighted by molar-refractivity contribution is -0.190. The highest BCUT2D eigenvalue weighted by molar-refractivity contribution is 5.06. The maximum absolute atomic E-state index is 12.7. The van der Waals surface area contributed by atoms with Crippen molar-refractivity contribution in [3.63, 3.8) is 0 Å². The molecule has 1 aliphatic carbocycles. The van der Waals surface area contributed by atoms with Crippen LogP contribution in [0, 0.1) is 5.41 Å². The van der Waals surface area contributed by atoms with E-state index in [0.717, 1.165) is 0 Å². The molecule has 21 heavy (non-hydrogen) atoms. The van der Waals surface area contributed by atoms with Gasteiger partial charge in [-0.15, -0.1) is 5.10 Å². The number of halogens is 3. The van der Waals surface area contributed by atoms with Crippen LogP contribution in [0.5, 0.6) is 5.88 Å². The summed E-state index contributed by atoms with van der Waals surface area (Å²) < 4.78 is 50.6.